The zero-order valence-electron chi connectivity index (χ0n) is 11.1. The lowest BCUT2D eigenvalue weighted by Crippen LogP contribution is -2.29. The van der Waals surface area contributed by atoms with Crippen molar-refractivity contribution < 1.29 is 10.2 Å². The van der Waals surface area contributed by atoms with Gasteiger partial charge in [0.15, 0.2) is 0 Å². The Balaban J connectivity index is 2.21. The van der Waals surface area contributed by atoms with E-state index in [0.29, 0.717) is 0 Å². The molecule has 1 aliphatic rings. The number of hydrogen-bond acceptors (Lipinski definition) is 4. The largest absolute Gasteiger partial charge is 0.390 e. The molecule has 0 amide bonds. The lowest BCUT2D eigenvalue weighted by Gasteiger charge is -2.25. The maximum atomic E-state index is 10.1. The van der Waals surface area contributed by atoms with Crippen molar-refractivity contribution in [3.05, 3.63) is 23.9 Å². The van der Waals surface area contributed by atoms with E-state index in [2.05, 4.69) is 9.88 Å². The van der Waals surface area contributed by atoms with Gasteiger partial charge in [0.2, 0.25) is 0 Å². The van der Waals surface area contributed by atoms with E-state index >= 15 is 0 Å². The van der Waals surface area contributed by atoms with Crippen molar-refractivity contribution in [3.63, 3.8) is 0 Å². The summed E-state index contributed by atoms with van der Waals surface area (Å²) in [6, 6.07) is 3.76. The van der Waals surface area contributed by atoms with Gasteiger partial charge in [0.25, 0.3) is 0 Å². The van der Waals surface area contributed by atoms with Crippen LogP contribution >= 0.6 is 0 Å². The van der Waals surface area contributed by atoms with Crippen LogP contribution in [0.5, 0.6) is 0 Å². The predicted molar refractivity (Wildman–Crippen MR) is 71.6 cm³/mol. The average molecular weight is 250 g/mol. The van der Waals surface area contributed by atoms with Gasteiger partial charge in [0.1, 0.15) is 5.82 Å². The summed E-state index contributed by atoms with van der Waals surface area (Å²) in [6.45, 7) is 5.32. The van der Waals surface area contributed by atoms with Crippen LogP contribution < -0.4 is 4.90 Å². The first-order valence-corrected chi connectivity index (χ1v) is 6.60. The monoisotopic (exact) mass is 250 g/mol. The number of aliphatic hydroxyl groups is 2. The van der Waals surface area contributed by atoms with Crippen molar-refractivity contribution in [2.45, 2.75) is 44.8 Å². The molecule has 2 atom stereocenters. The Bertz CT molecular complexity index is 405. The highest BCUT2D eigenvalue weighted by Gasteiger charge is 2.26. The molecule has 0 aliphatic carbocycles. The van der Waals surface area contributed by atoms with Crippen LogP contribution in [0.3, 0.4) is 0 Å². The molecule has 0 saturated carbocycles. The number of aliphatic hydroxyl groups excluding tert-OH is 1. The predicted octanol–water partition coefficient (Wildman–Crippen LogP) is 1.88. The summed E-state index contributed by atoms with van der Waals surface area (Å²) < 4.78 is 0. The first kappa shape index (κ1) is 13.3. The fourth-order valence-electron chi connectivity index (χ4n) is 2.47. The smallest absolute Gasteiger partial charge is 0.134 e. The number of hydrogen-bond donors (Lipinski definition) is 2. The van der Waals surface area contributed by atoms with Gasteiger partial charge in [-0.15, -0.1) is 0 Å². The van der Waals surface area contributed by atoms with E-state index in [4.69, 9.17) is 0 Å². The molecular formula is C14H22N2O2. The maximum absolute atomic E-state index is 10.1. The molecule has 0 bridgehead atoms. The molecule has 2 N–H and O–H groups in total. The minimum atomic E-state index is -0.575. The molecular weight excluding hydrogens is 228 g/mol. The molecule has 2 heterocycles. The van der Waals surface area contributed by atoms with E-state index in [1.165, 1.54) is 0 Å². The van der Waals surface area contributed by atoms with Crippen molar-refractivity contribution in [2.24, 2.45) is 0 Å². The molecule has 1 aliphatic heterocycles. The fraction of sp³-hybridized carbons (Fsp3) is 0.643. The zero-order chi connectivity index (χ0) is 13.2. The topological polar surface area (TPSA) is 56.6 Å². The molecule has 4 heteroatoms. The highest BCUT2D eigenvalue weighted by molar-refractivity contribution is 5.48. The standard InChI is InChI=1S/C14H22N2O2/c1-11(17)12-5-3-8-15-13(12)16-9-4-6-14(2,18)7-10-16/h3,5,8,11,17-18H,4,6-7,9-10H2,1-2H3/t11-,14?/m0/s1. The van der Waals surface area contributed by atoms with Crippen LogP contribution in [-0.4, -0.2) is 33.9 Å². The Kier molecular flexibility index (Phi) is 3.88. The summed E-state index contributed by atoms with van der Waals surface area (Å²) in [5, 5.41) is 19.9. The van der Waals surface area contributed by atoms with Crippen LogP contribution in [0, 0.1) is 0 Å². The van der Waals surface area contributed by atoms with Gasteiger partial charge in [-0.2, -0.15) is 0 Å². The van der Waals surface area contributed by atoms with Gasteiger partial charge in [0.05, 0.1) is 11.7 Å². The third-order valence-electron chi connectivity index (χ3n) is 3.63. The fourth-order valence-corrected chi connectivity index (χ4v) is 2.47. The maximum Gasteiger partial charge on any atom is 0.134 e. The second-order valence-electron chi connectivity index (χ2n) is 5.43. The lowest BCUT2D eigenvalue weighted by molar-refractivity contribution is 0.0481. The summed E-state index contributed by atoms with van der Waals surface area (Å²) in [5.41, 5.74) is 0.285. The van der Waals surface area contributed by atoms with Crippen LogP contribution in [0.2, 0.25) is 0 Å². The third kappa shape index (κ3) is 3.00. The minimum absolute atomic E-state index is 0.516. The van der Waals surface area contributed by atoms with Crippen LogP contribution in [-0.2, 0) is 0 Å². The Labute approximate surface area is 108 Å². The van der Waals surface area contributed by atoms with Gasteiger partial charge < -0.3 is 15.1 Å². The molecule has 0 spiro atoms. The quantitative estimate of drug-likeness (QED) is 0.841. The molecule has 0 radical (unpaired) electrons. The molecule has 0 aromatic carbocycles. The molecule has 2 rings (SSSR count). The molecule has 1 aromatic rings. The second-order valence-corrected chi connectivity index (χ2v) is 5.43. The highest BCUT2D eigenvalue weighted by atomic mass is 16.3. The zero-order valence-corrected chi connectivity index (χ0v) is 11.1. The van der Waals surface area contributed by atoms with E-state index in [9.17, 15) is 10.2 Å². The number of rotatable bonds is 2. The Morgan fingerprint density at radius 3 is 2.89 bits per heavy atom. The first-order valence-electron chi connectivity index (χ1n) is 6.60. The van der Waals surface area contributed by atoms with Gasteiger partial charge in [-0.05, 0) is 39.2 Å². The number of anilines is 1. The van der Waals surface area contributed by atoms with Crippen LogP contribution in [0.15, 0.2) is 18.3 Å². The van der Waals surface area contributed by atoms with Gasteiger partial charge in [0, 0.05) is 24.8 Å². The van der Waals surface area contributed by atoms with Gasteiger partial charge >= 0.3 is 0 Å². The van der Waals surface area contributed by atoms with Crippen LogP contribution in [0.4, 0.5) is 5.82 Å². The first-order chi connectivity index (χ1) is 8.49. The van der Waals surface area contributed by atoms with E-state index in [1.807, 2.05) is 19.1 Å². The second kappa shape index (κ2) is 5.24. The van der Waals surface area contributed by atoms with E-state index in [0.717, 1.165) is 43.7 Å². The molecule has 4 nitrogen and oxygen atoms in total. The van der Waals surface area contributed by atoms with Crippen molar-refractivity contribution in [3.8, 4) is 0 Å². The van der Waals surface area contributed by atoms with Crippen molar-refractivity contribution >= 4 is 5.82 Å². The number of pyridine rings is 1. The summed E-state index contributed by atoms with van der Waals surface area (Å²) in [4.78, 5) is 6.57. The van der Waals surface area contributed by atoms with Crippen LogP contribution in [0.1, 0.15) is 44.8 Å². The summed E-state index contributed by atoms with van der Waals surface area (Å²) in [7, 11) is 0. The molecule has 100 valence electrons. The lowest BCUT2D eigenvalue weighted by atomic mass is 9.98. The van der Waals surface area contributed by atoms with Gasteiger partial charge in [-0.3, -0.25) is 0 Å². The Hall–Kier alpha value is -1.13. The average Bonchev–Trinajstić information content (AvgIpc) is 2.50. The molecule has 1 saturated heterocycles. The van der Waals surface area contributed by atoms with E-state index in [-0.39, 0.29) is 0 Å². The third-order valence-corrected chi connectivity index (χ3v) is 3.63. The summed E-state index contributed by atoms with van der Waals surface area (Å²) in [6.07, 6.45) is 3.74. The van der Waals surface area contributed by atoms with E-state index < -0.39 is 11.7 Å². The van der Waals surface area contributed by atoms with Crippen LogP contribution in [0.25, 0.3) is 0 Å². The number of nitrogens with zero attached hydrogens (tertiary/aromatic N) is 2. The Morgan fingerprint density at radius 2 is 2.17 bits per heavy atom. The van der Waals surface area contributed by atoms with E-state index in [1.54, 1.807) is 13.1 Å². The van der Waals surface area contributed by atoms with Crippen molar-refractivity contribution in [2.75, 3.05) is 18.0 Å². The van der Waals surface area contributed by atoms with Crippen molar-refractivity contribution in [1.29, 1.82) is 0 Å². The summed E-state index contributed by atoms with van der Waals surface area (Å²) in [5.74, 6) is 0.852. The minimum Gasteiger partial charge on any atom is -0.390 e. The number of aromatic nitrogens is 1. The Morgan fingerprint density at radius 1 is 1.39 bits per heavy atom. The molecule has 1 aromatic heterocycles. The SMILES string of the molecule is C[C@H](O)c1cccnc1N1CCCC(C)(O)CC1. The highest BCUT2D eigenvalue weighted by Crippen LogP contribution is 2.28. The normalized spacial score (nSPS) is 26.8. The molecule has 1 fully saturated rings. The van der Waals surface area contributed by atoms with Gasteiger partial charge in [-0.1, -0.05) is 6.07 Å². The molecule has 1 unspecified atom stereocenters. The summed E-state index contributed by atoms with van der Waals surface area (Å²) >= 11 is 0. The van der Waals surface area contributed by atoms with Crippen molar-refractivity contribution in [1.82, 2.24) is 4.98 Å². The molecule has 18 heavy (non-hydrogen) atoms. The van der Waals surface area contributed by atoms with Gasteiger partial charge in [-0.25, -0.2) is 4.98 Å².